The van der Waals surface area contributed by atoms with Gasteiger partial charge in [0.2, 0.25) is 5.91 Å². The van der Waals surface area contributed by atoms with E-state index < -0.39 is 5.82 Å². The summed E-state index contributed by atoms with van der Waals surface area (Å²) in [5.41, 5.74) is 0.201. The van der Waals surface area contributed by atoms with Gasteiger partial charge in [-0.25, -0.2) is 4.39 Å². The second kappa shape index (κ2) is 6.65. The maximum absolute atomic E-state index is 13.6. The molecule has 110 valence electrons. The highest BCUT2D eigenvalue weighted by Gasteiger charge is 2.23. The van der Waals surface area contributed by atoms with Crippen LogP contribution in [0, 0.1) is 5.82 Å². The lowest BCUT2D eigenvalue weighted by atomic mass is 10.2. The normalized spacial score (nSPS) is 23.6. The van der Waals surface area contributed by atoms with Crippen molar-refractivity contribution >= 4 is 27.5 Å². The fraction of sp³-hybridized carbons (Fsp3) is 0.500. The smallest absolute Gasteiger partial charge is 0.238 e. The molecule has 2 rings (SSSR count). The Labute approximate surface area is 126 Å². The van der Waals surface area contributed by atoms with Gasteiger partial charge in [-0.1, -0.05) is 15.9 Å². The lowest BCUT2D eigenvalue weighted by Crippen LogP contribution is -2.48. The second-order valence-corrected chi connectivity index (χ2v) is 6.04. The molecular formula is C14H18BrFN2O2. The molecule has 1 aliphatic heterocycles. The molecule has 4 nitrogen and oxygen atoms in total. The first-order valence-corrected chi connectivity index (χ1v) is 7.36. The van der Waals surface area contributed by atoms with Gasteiger partial charge in [0.05, 0.1) is 24.4 Å². The number of ether oxygens (including phenoxy) is 1. The first-order chi connectivity index (χ1) is 9.44. The number of amides is 1. The molecule has 1 fully saturated rings. The lowest BCUT2D eigenvalue weighted by molar-refractivity contribution is -0.121. The van der Waals surface area contributed by atoms with Gasteiger partial charge < -0.3 is 10.1 Å². The van der Waals surface area contributed by atoms with Gasteiger partial charge in [0, 0.05) is 17.6 Å². The van der Waals surface area contributed by atoms with Gasteiger partial charge in [-0.3, -0.25) is 9.69 Å². The first kappa shape index (κ1) is 15.4. The quantitative estimate of drug-likeness (QED) is 0.916. The van der Waals surface area contributed by atoms with Gasteiger partial charge in [-0.2, -0.15) is 0 Å². The zero-order valence-electron chi connectivity index (χ0n) is 11.5. The zero-order valence-corrected chi connectivity index (χ0v) is 13.1. The molecule has 2 atom stereocenters. The van der Waals surface area contributed by atoms with Crippen molar-refractivity contribution < 1.29 is 13.9 Å². The third-order valence-electron chi connectivity index (χ3n) is 3.07. The molecule has 0 saturated carbocycles. The summed E-state index contributed by atoms with van der Waals surface area (Å²) in [5.74, 6) is -0.663. The summed E-state index contributed by atoms with van der Waals surface area (Å²) in [5, 5.41) is 2.60. The standard InChI is InChI=1S/C14H18BrFN2O2/c1-9-6-18(7-10(2)20-9)8-14(19)17-13-4-3-11(15)5-12(13)16/h3-5,9-10H,6-8H2,1-2H3,(H,17,19)/t9-,10-/m0/s1. The molecule has 1 aliphatic rings. The third kappa shape index (κ3) is 4.26. The monoisotopic (exact) mass is 344 g/mol. The number of halogens is 2. The highest BCUT2D eigenvalue weighted by Crippen LogP contribution is 2.19. The van der Waals surface area contributed by atoms with Crippen LogP contribution in [0.3, 0.4) is 0 Å². The summed E-state index contributed by atoms with van der Waals surface area (Å²) >= 11 is 3.18. The molecule has 1 amide bonds. The summed E-state index contributed by atoms with van der Waals surface area (Å²) < 4.78 is 19.9. The molecule has 0 bridgehead atoms. The second-order valence-electron chi connectivity index (χ2n) is 5.12. The largest absolute Gasteiger partial charge is 0.373 e. The summed E-state index contributed by atoms with van der Waals surface area (Å²) in [7, 11) is 0. The maximum atomic E-state index is 13.6. The first-order valence-electron chi connectivity index (χ1n) is 6.56. The minimum absolute atomic E-state index is 0.107. The SMILES string of the molecule is C[C@H]1CN(CC(=O)Nc2ccc(Br)cc2F)C[C@H](C)O1. The van der Waals surface area contributed by atoms with Crippen LogP contribution in [0.1, 0.15) is 13.8 Å². The number of morpholine rings is 1. The molecule has 0 radical (unpaired) electrons. The van der Waals surface area contributed by atoms with Crippen molar-refractivity contribution in [2.45, 2.75) is 26.1 Å². The summed E-state index contributed by atoms with van der Waals surface area (Å²) in [6.45, 7) is 5.62. The van der Waals surface area contributed by atoms with E-state index in [1.165, 1.54) is 6.07 Å². The number of nitrogens with zero attached hydrogens (tertiary/aromatic N) is 1. The number of anilines is 1. The van der Waals surface area contributed by atoms with Gasteiger partial charge in [-0.15, -0.1) is 0 Å². The van der Waals surface area contributed by atoms with Crippen LogP contribution >= 0.6 is 15.9 Å². The Balaban J connectivity index is 1.92. The number of carbonyl (C=O) groups excluding carboxylic acids is 1. The molecule has 1 saturated heterocycles. The minimum Gasteiger partial charge on any atom is -0.373 e. The van der Waals surface area contributed by atoms with E-state index >= 15 is 0 Å². The molecule has 0 spiro atoms. The van der Waals surface area contributed by atoms with Crippen LogP contribution in [-0.4, -0.2) is 42.6 Å². The van der Waals surface area contributed by atoms with Crippen molar-refractivity contribution in [1.29, 1.82) is 0 Å². The Morgan fingerprint density at radius 1 is 1.45 bits per heavy atom. The van der Waals surface area contributed by atoms with E-state index in [-0.39, 0.29) is 30.3 Å². The van der Waals surface area contributed by atoms with Gasteiger partial charge >= 0.3 is 0 Å². The van der Waals surface area contributed by atoms with Crippen LogP contribution in [0.5, 0.6) is 0 Å². The number of benzene rings is 1. The number of hydrogen-bond donors (Lipinski definition) is 1. The summed E-state index contributed by atoms with van der Waals surface area (Å²) in [6, 6.07) is 4.56. The topological polar surface area (TPSA) is 41.6 Å². The molecule has 0 aromatic heterocycles. The minimum atomic E-state index is -0.448. The van der Waals surface area contributed by atoms with Gasteiger partial charge in [0.15, 0.2) is 0 Å². The van der Waals surface area contributed by atoms with Crippen molar-refractivity contribution in [2.75, 3.05) is 25.0 Å². The van der Waals surface area contributed by atoms with Crippen LogP contribution in [0.4, 0.5) is 10.1 Å². The van der Waals surface area contributed by atoms with Crippen molar-refractivity contribution in [3.63, 3.8) is 0 Å². The number of nitrogens with one attached hydrogen (secondary N) is 1. The van der Waals surface area contributed by atoms with Crippen LogP contribution in [0.25, 0.3) is 0 Å². The Morgan fingerprint density at radius 3 is 2.70 bits per heavy atom. The zero-order chi connectivity index (χ0) is 14.7. The molecule has 1 heterocycles. The fourth-order valence-corrected chi connectivity index (χ4v) is 2.73. The molecular weight excluding hydrogens is 327 g/mol. The highest BCUT2D eigenvalue weighted by atomic mass is 79.9. The van der Waals surface area contributed by atoms with E-state index in [0.717, 1.165) is 0 Å². The van der Waals surface area contributed by atoms with Crippen molar-refractivity contribution in [3.8, 4) is 0 Å². The Morgan fingerprint density at radius 2 is 2.10 bits per heavy atom. The van der Waals surface area contributed by atoms with Crippen LogP contribution in [0.15, 0.2) is 22.7 Å². The van der Waals surface area contributed by atoms with Crippen LogP contribution in [-0.2, 0) is 9.53 Å². The average Bonchev–Trinajstić information content (AvgIpc) is 2.31. The van der Waals surface area contributed by atoms with E-state index in [4.69, 9.17) is 4.74 Å². The molecule has 0 aliphatic carbocycles. The predicted molar refractivity (Wildman–Crippen MR) is 79.2 cm³/mol. The maximum Gasteiger partial charge on any atom is 0.238 e. The van der Waals surface area contributed by atoms with Crippen LogP contribution in [0.2, 0.25) is 0 Å². The highest BCUT2D eigenvalue weighted by molar-refractivity contribution is 9.10. The fourth-order valence-electron chi connectivity index (χ4n) is 2.40. The third-order valence-corrected chi connectivity index (χ3v) is 3.56. The number of carbonyl (C=O) groups is 1. The predicted octanol–water partition coefficient (Wildman–Crippen LogP) is 2.64. The van der Waals surface area contributed by atoms with Gasteiger partial charge in [0.1, 0.15) is 5.82 Å². The average molecular weight is 345 g/mol. The van der Waals surface area contributed by atoms with Gasteiger partial charge in [0.25, 0.3) is 0 Å². The molecule has 1 N–H and O–H groups in total. The van der Waals surface area contributed by atoms with Crippen molar-refractivity contribution in [2.24, 2.45) is 0 Å². The summed E-state index contributed by atoms with van der Waals surface area (Å²) in [6.07, 6.45) is 0.215. The molecule has 6 heteroatoms. The molecule has 20 heavy (non-hydrogen) atoms. The van der Waals surface area contributed by atoms with E-state index in [9.17, 15) is 9.18 Å². The van der Waals surface area contributed by atoms with Crippen LogP contribution < -0.4 is 5.32 Å². The van der Waals surface area contributed by atoms with E-state index in [2.05, 4.69) is 21.2 Å². The lowest BCUT2D eigenvalue weighted by Gasteiger charge is -2.34. The van der Waals surface area contributed by atoms with E-state index in [0.29, 0.717) is 17.6 Å². The Kier molecular flexibility index (Phi) is 5.12. The Hall–Kier alpha value is -0.980. The number of rotatable bonds is 3. The van der Waals surface area contributed by atoms with Crippen molar-refractivity contribution in [1.82, 2.24) is 4.90 Å². The molecule has 1 aromatic rings. The summed E-state index contributed by atoms with van der Waals surface area (Å²) in [4.78, 5) is 14.0. The van der Waals surface area contributed by atoms with E-state index in [1.807, 2.05) is 18.7 Å². The molecule has 1 aromatic carbocycles. The van der Waals surface area contributed by atoms with Crippen molar-refractivity contribution in [3.05, 3.63) is 28.5 Å². The number of hydrogen-bond acceptors (Lipinski definition) is 3. The molecule has 0 unspecified atom stereocenters. The Bertz CT molecular complexity index is 488. The van der Waals surface area contributed by atoms with Gasteiger partial charge in [-0.05, 0) is 32.0 Å². The van der Waals surface area contributed by atoms with E-state index in [1.54, 1.807) is 12.1 Å².